The van der Waals surface area contributed by atoms with E-state index in [0.717, 1.165) is 35.4 Å². The van der Waals surface area contributed by atoms with E-state index in [1.807, 2.05) is 41.2 Å². The first-order valence-electron chi connectivity index (χ1n) is 6.18. The van der Waals surface area contributed by atoms with Crippen molar-refractivity contribution >= 4 is 22.3 Å². The molecule has 5 nitrogen and oxygen atoms in total. The highest BCUT2D eigenvalue weighted by atomic mass is 15.3. The molecule has 3 aromatic rings. The first-order chi connectivity index (χ1) is 9.33. The van der Waals surface area contributed by atoms with Gasteiger partial charge in [-0.3, -0.25) is 9.67 Å². The zero-order chi connectivity index (χ0) is 13.1. The summed E-state index contributed by atoms with van der Waals surface area (Å²) < 4.78 is 1.90. The maximum absolute atomic E-state index is 5.77. The summed E-state index contributed by atoms with van der Waals surface area (Å²) in [6.07, 6.45) is 5.52. The van der Waals surface area contributed by atoms with Crippen LogP contribution in [-0.4, -0.2) is 21.3 Å². The summed E-state index contributed by atoms with van der Waals surface area (Å²) in [6.45, 7) is 1.64. The predicted molar refractivity (Wildman–Crippen MR) is 76.9 cm³/mol. The second kappa shape index (κ2) is 4.97. The van der Waals surface area contributed by atoms with Crippen molar-refractivity contribution in [2.45, 2.75) is 6.54 Å². The molecule has 0 aliphatic rings. The summed E-state index contributed by atoms with van der Waals surface area (Å²) >= 11 is 0. The minimum Gasteiger partial charge on any atom is -0.399 e. The number of hydrogen-bond donors (Lipinski definition) is 2. The summed E-state index contributed by atoms with van der Waals surface area (Å²) in [7, 11) is 0. The molecule has 0 bridgehead atoms. The van der Waals surface area contributed by atoms with E-state index in [-0.39, 0.29) is 0 Å². The highest BCUT2D eigenvalue weighted by Gasteiger charge is 2.01. The highest BCUT2D eigenvalue weighted by molar-refractivity contribution is 5.92. The van der Waals surface area contributed by atoms with Crippen LogP contribution < -0.4 is 11.1 Å². The normalized spacial score (nSPS) is 10.7. The molecule has 0 saturated carbocycles. The molecule has 2 heterocycles. The van der Waals surface area contributed by atoms with Gasteiger partial charge in [-0.2, -0.15) is 5.10 Å². The van der Waals surface area contributed by atoms with Crippen LogP contribution in [0.5, 0.6) is 0 Å². The number of fused-ring (bicyclic) bond motifs is 1. The van der Waals surface area contributed by atoms with Gasteiger partial charge in [0.2, 0.25) is 0 Å². The number of nitrogens with two attached hydrogens (primary N) is 1. The van der Waals surface area contributed by atoms with E-state index in [0.29, 0.717) is 0 Å². The third-order valence-corrected chi connectivity index (χ3v) is 2.98. The standard InChI is InChI=1S/C14H15N5/c15-11-2-3-12-13(4-6-16-14(12)10-11)17-7-9-19-8-1-5-18-19/h1-6,8,10H,7,9,15H2,(H,16,17). The Morgan fingerprint density at radius 3 is 3.00 bits per heavy atom. The molecule has 0 fully saturated rings. The Bertz CT molecular complexity index is 675. The summed E-state index contributed by atoms with van der Waals surface area (Å²) in [5.74, 6) is 0. The first kappa shape index (κ1) is 11.5. The number of rotatable bonds is 4. The topological polar surface area (TPSA) is 68.8 Å². The Balaban J connectivity index is 1.77. The molecule has 0 unspecified atom stereocenters. The largest absolute Gasteiger partial charge is 0.399 e. The fourth-order valence-corrected chi connectivity index (χ4v) is 2.06. The lowest BCUT2D eigenvalue weighted by atomic mass is 10.1. The second-order valence-corrected chi connectivity index (χ2v) is 4.33. The lowest BCUT2D eigenvalue weighted by Crippen LogP contribution is -2.11. The molecule has 0 spiro atoms. The van der Waals surface area contributed by atoms with Crippen molar-refractivity contribution in [1.29, 1.82) is 0 Å². The van der Waals surface area contributed by atoms with Crippen molar-refractivity contribution in [3.8, 4) is 0 Å². The van der Waals surface area contributed by atoms with Crippen molar-refractivity contribution < 1.29 is 0 Å². The van der Waals surface area contributed by atoms with Gasteiger partial charge in [0, 0.05) is 41.9 Å². The molecular formula is C14H15N5. The monoisotopic (exact) mass is 253 g/mol. The van der Waals surface area contributed by atoms with E-state index in [1.165, 1.54) is 0 Å². The Kier molecular flexibility index (Phi) is 3.02. The van der Waals surface area contributed by atoms with Crippen LogP contribution in [0.2, 0.25) is 0 Å². The quantitative estimate of drug-likeness (QED) is 0.699. The number of pyridine rings is 1. The molecule has 0 saturated heterocycles. The molecule has 5 heteroatoms. The van der Waals surface area contributed by atoms with Crippen molar-refractivity contribution in [1.82, 2.24) is 14.8 Å². The number of anilines is 2. The van der Waals surface area contributed by atoms with Crippen LogP contribution in [0, 0.1) is 0 Å². The summed E-state index contributed by atoms with van der Waals surface area (Å²) in [5.41, 5.74) is 8.47. The van der Waals surface area contributed by atoms with Gasteiger partial charge in [-0.25, -0.2) is 0 Å². The minimum atomic E-state index is 0.730. The molecule has 0 aliphatic carbocycles. The first-order valence-corrected chi connectivity index (χ1v) is 6.18. The lowest BCUT2D eigenvalue weighted by molar-refractivity contribution is 0.638. The van der Waals surface area contributed by atoms with Gasteiger partial charge < -0.3 is 11.1 Å². The maximum atomic E-state index is 5.77. The van der Waals surface area contributed by atoms with E-state index >= 15 is 0 Å². The van der Waals surface area contributed by atoms with Crippen LogP contribution in [0.4, 0.5) is 11.4 Å². The van der Waals surface area contributed by atoms with Gasteiger partial charge in [0.1, 0.15) is 0 Å². The van der Waals surface area contributed by atoms with Gasteiger partial charge in [-0.1, -0.05) is 0 Å². The van der Waals surface area contributed by atoms with Crippen LogP contribution in [-0.2, 0) is 6.54 Å². The zero-order valence-electron chi connectivity index (χ0n) is 10.5. The summed E-state index contributed by atoms with van der Waals surface area (Å²) in [5, 5.41) is 8.65. The third kappa shape index (κ3) is 2.49. The van der Waals surface area contributed by atoms with E-state index in [1.54, 1.807) is 12.4 Å². The van der Waals surface area contributed by atoms with Gasteiger partial charge in [-0.15, -0.1) is 0 Å². The average molecular weight is 253 g/mol. The zero-order valence-corrected chi connectivity index (χ0v) is 10.5. The Hall–Kier alpha value is -2.56. The molecule has 2 aromatic heterocycles. The Morgan fingerprint density at radius 2 is 2.16 bits per heavy atom. The number of hydrogen-bond acceptors (Lipinski definition) is 4. The van der Waals surface area contributed by atoms with Gasteiger partial charge in [0.25, 0.3) is 0 Å². The van der Waals surface area contributed by atoms with Crippen LogP contribution in [0.25, 0.3) is 10.9 Å². The van der Waals surface area contributed by atoms with Crippen molar-refractivity contribution in [2.75, 3.05) is 17.6 Å². The molecule has 0 aliphatic heterocycles. The van der Waals surface area contributed by atoms with E-state index in [2.05, 4.69) is 15.4 Å². The Morgan fingerprint density at radius 1 is 1.21 bits per heavy atom. The highest BCUT2D eigenvalue weighted by Crippen LogP contribution is 2.23. The molecule has 3 rings (SSSR count). The number of aromatic nitrogens is 3. The van der Waals surface area contributed by atoms with Crippen LogP contribution in [0.1, 0.15) is 0 Å². The van der Waals surface area contributed by atoms with E-state index in [9.17, 15) is 0 Å². The fraction of sp³-hybridized carbons (Fsp3) is 0.143. The van der Waals surface area contributed by atoms with Crippen LogP contribution in [0.3, 0.4) is 0 Å². The maximum Gasteiger partial charge on any atom is 0.0743 e. The number of nitrogens with one attached hydrogen (secondary N) is 1. The Labute approximate surface area is 111 Å². The van der Waals surface area contributed by atoms with E-state index in [4.69, 9.17) is 5.73 Å². The van der Waals surface area contributed by atoms with Gasteiger partial charge in [-0.05, 0) is 30.3 Å². The summed E-state index contributed by atoms with van der Waals surface area (Å²) in [6, 6.07) is 9.66. The molecule has 0 amide bonds. The molecule has 0 radical (unpaired) electrons. The molecule has 19 heavy (non-hydrogen) atoms. The number of nitrogens with zero attached hydrogens (tertiary/aromatic N) is 3. The minimum absolute atomic E-state index is 0.730. The lowest BCUT2D eigenvalue weighted by Gasteiger charge is -2.09. The van der Waals surface area contributed by atoms with Crippen molar-refractivity contribution in [2.24, 2.45) is 0 Å². The van der Waals surface area contributed by atoms with Gasteiger partial charge in [0.15, 0.2) is 0 Å². The number of nitrogen functional groups attached to an aromatic ring is 1. The molecule has 0 atom stereocenters. The summed E-state index contributed by atoms with van der Waals surface area (Å²) in [4.78, 5) is 4.32. The number of benzene rings is 1. The molecule has 96 valence electrons. The van der Waals surface area contributed by atoms with Gasteiger partial charge in [0.05, 0.1) is 12.1 Å². The van der Waals surface area contributed by atoms with Crippen molar-refractivity contribution in [3.63, 3.8) is 0 Å². The van der Waals surface area contributed by atoms with Crippen molar-refractivity contribution in [3.05, 3.63) is 48.9 Å². The molecular weight excluding hydrogens is 238 g/mol. The fourth-order valence-electron chi connectivity index (χ4n) is 2.06. The van der Waals surface area contributed by atoms with Crippen LogP contribution in [0.15, 0.2) is 48.9 Å². The van der Waals surface area contributed by atoms with E-state index < -0.39 is 0 Å². The third-order valence-electron chi connectivity index (χ3n) is 2.98. The predicted octanol–water partition coefficient (Wildman–Crippen LogP) is 2.13. The average Bonchev–Trinajstić information content (AvgIpc) is 2.92. The smallest absolute Gasteiger partial charge is 0.0743 e. The molecule has 3 N–H and O–H groups in total. The second-order valence-electron chi connectivity index (χ2n) is 4.33. The SMILES string of the molecule is Nc1ccc2c(NCCn3cccn3)ccnc2c1. The van der Waals surface area contributed by atoms with Crippen LogP contribution >= 0.6 is 0 Å². The van der Waals surface area contributed by atoms with Gasteiger partial charge >= 0.3 is 0 Å². The molecule has 1 aromatic carbocycles.